The molecule has 0 amide bonds. The topological polar surface area (TPSA) is 17.8 Å². The predicted octanol–water partition coefficient (Wildman–Crippen LogP) is 9.89. The Hall–Kier alpha value is -2.09. The lowest BCUT2D eigenvalue weighted by Crippen LogP contribution is -2.05. The number of rotatable bonds is 19. The molecule has 0 fully saturated rings. The molecular weight excluding hydrogens is 412 g/mol. The van der Waals surface area contributed by atoms with E-state index in [-0.39, 0.29) is 0 Å². The molecule has 2 nitrogen and oxygen atoms in total. The van der Waals surface area contributed by atoms with E-state index in [0.717, 1.165) is 18.5 Å². The second kappa shape index (κ2) is 16.5. The van der Waals surface area contributed by atoms with E-state index in [2.05, 4.69) is 66.1 Å². The lowest BCUT2D eigenvalue weighted by Gasteiger charge is -2.10. The van der Waals surface area contributed by atoms with E-state index < -0.39 is 0 Å². The molecule has 0 unspecified atom stereocenters. The molecule has 2 heteroatoms. The van der Waals surface area contributed by atoms with Crippen molar-refractivity contribution in [2.75, 3.05) is 0 Å². The summed E-state index contributed by atoms with van der Waals surface area (Å²) in [6.45, 7) is 3.21. The summed E-state index contributed by atoms with van der Waals surface area (Å²) < 4.78 is 2.43. The molecule has 186 valence electrons. The van der Waals surface area contributed by atoms with Gasteiger partial charge in [-0.2, -0.15) is 0 Å². The van der Waals surface area contributed by atoms with Crippen LogP contribution in [0.2, 0.25) is 0 Å². The van der Waals surface area contributed by atoms with Crippen LogP contribution in [0.5, 0.6) is 0 Å². The van der Waals surface area contributed by atoms with E-state index in [1.54, 1.807) is 0 Å². The molecule has 0 N–H and O–H groups in total. The molecule has 3 rings (SSSR count). The van der Waals surface area contributed by atoms with Crippen molar-refractivity contribution < 1.29 is 0 Å². The fourth-order valence-corrected chi connectivity index (χ4v) is 5.09. The highest BCUT2D eigenvalue weighted by molar-refractivity contribution is 5.76. The Bertz CT molecular complexity index is 896. The van der Waals surface area contributed by atoms with Crippen molar-refractivity contribution in [2.24, 2.45) is 0 Å². The fraction of sp³-hybridized carbons (Fsp3) is 0.594. The van der Waals surface area contributed by atoms with Crippen molar-refractivity contribution in [3.05, 3.63) is 66.0 Å². The fourth-order valence-electron chi connectivity index (χ4n) is 5.09. The zero-order chi connectivity index (χ0) is 23.7. The van der Waals surface area contributed by atoms with E-state index in [0.29, 0.717) is 0 Å². The molecule has 0 saturated carbocycles. The Labute approximate surface area is 209 Å². The van der Waals surface area contributed by atoms with Gasteiger partial charge in [-0.25, -0.2) is 4.98 Å². The lowest BCUT2D eigenvalue weighted by molar-refractivity contribution is 0.528. The molecule has 0 spiro atoms. The third-order valence-corrected chi connectivity index (χ3v) is 7.17. The Morgan fingerprint density at radius 3 is 1.65 bits per heavy atom. The van der Waals surface area contributed by atoms with Gasteiger partial charge in [0.2, 0.25) is 0 Å². The number of unbranched alkanes of at least 4 members (excludes halogenated alkanes) is 15. The highest BCUT2D eigenvalue weighted by atomic mass is 15.1. The number of hydrogen-bond acceptors (Lipinski definition) is 1. The summed E-state index contributed by atoms with van der Waals surface area (Å²) in [6, 6.07) is 19.4. The SMILES string of the molecule is CCCCCCCCCCCCCCCCCCc1nc2ccccc2n1Cc1ccccc1. The van der Waals surface area contributed by atoms with E-state index in [4.69, 9.17) is 4.98 Å². The molecule has 0 aliphatic rings. The van der Waals surface area contributed by atoms with E-state index in [1.165, 1.54) is 120 Å². The highest BCUT2D eigenvalue weighted by Crippen LogP contribution is 2.20. The quantitative estimate of drug-likeness (QED) is 0.163. The minimum absolute atomic E-state index is 0.912. The van der Waals surface area contributed by atoms with Crippen LogP contribution in [0.4, 0.5) is 0 Å². The molecule has 0 bridgehead atoms. The molecule has 1 heterocycles. The van der Waals surface area contributed by atoms with Crippen LogP contribution in [0.25, 0.3) is 11.0 Å². The maximum absolute atomic E-state index is 4.98. The van der Waals surface area contributed by atoms with Gasteiger partial charge in [0.25, 0.3) is 0 Å². The third kappa shape index (κ3) is 9.65. The molecular formula is C32H48N2. The Morgan fingerprint density at radius 1 is 0.559 bits per heavy atom. The summed E-state index contributed by atoms with van der Waals surface area (Å²) in [5.41, 5.74) is 3.74. The average molecular weight is 461 g/mol. The van der Waals surface area contributed by atoms with Crippen LogP contribution in [0.1, 0.15) is 121 Å². The van der Waals surface area contributed by atoms with Crippen molar-refractivity contribution in [2.45, 2.75) is 123 Å². The van der Waals surface area contributed by atoms with Crippen LogP contribution in [0.3, 0.4) is 0 Å². The summed E-state index contributed by atoms with van der Waals surface area (Å²) in [5, 5.41) is 0. The van der Waals surface area contributed by atoms with Gasteiger partial charge in [-0.1, -0.05) is 146 Å². The first-order valence-electron chi connectivity index (χ1n) is 14.4. The van der Waals surface area contributed by atoms with E-state index in [1.807, 2.05) is 0 Å². The number of aryl methyl sites for hydroxylation is 1. The smallest absolute Gasteiger partial charge is 0.110 e. The number of imidazole rings is 1. The van der Waals surface area contributed by atoms with Crippen molar-refractivity contribution in [1.29, 1.82) is 0 Å². The Kier molecular flexibility index (Phi) is 12.9. The van der Waals surface area contributed by atoms with Gasteiger partial charge in [0.15, 0.2) is 0 Å². The summed E-state index contributed by atoms with van der Waals surface area (Å²) in [4.78, 5) is 4.98. The van der Waals surface area contributed by atoms with Crippen LogP contribution >= 0.6 is 0 Å². The first-order valence-corrected chi connectivity index (χ1v) is 14.4. The van der Waals surface area contributed by atoms with E-state index in [9.17, 15) is 0 Å². The number of fused-ring (bicyclic) bond motifs is 1. The maximum Gasteiger partial charge on any atom is 0.110 e. The van der Waals surface area contributed by atoms with Gasteiger partial charge in [0, 0.05) is 13.0 Å². The first-order chi connectivity index (χ1) is 16.9. The average Bonchev–Trinajstić information content (AvgIpc) is 3.21. The monoisotopic (exact) mass is 460 g/mol. The summed E-state index contributed by atoms with van der Waals surface area (Å²) in [6.07, 6.45) is 23.7. The van der Waals surface area contributed by atoms with Crippen molar-refractivity contribution >= 4 is 11.0 Å². The molecule has 0 aliphatic carbocycles. The minimum atomic E-state index is 0.912. The molecule has 0 atom stereocenters. The van der Waals surface area contributed by atoms with Crippen LogP contribution in [0, 0.1) is 0 Å². The van der Waals surface area contributed by atoms with E-state index >= 15 is 0 Å². The van der Waals surface area contributed by atoms with Crippen LogP contribution in [-0.4, -0.2) is 9.55 Å². The van der Waals surface area contributed by atoms with Crippen LogP contribution in [0.15, 0.2) is 54.6 Å². The first kappa shape index (κ1) is 26.5. The molecule has 1 aromatic heterocycles. The predicted molar refractivity (Wildman–Crippen MR) is 149 cm³/mol. The summed E-state index contributed by atoms with van der Waals surface area (Å²) in [7, 11) is 0. The number of aromatic nitrogens is 2. The van der Waals surface area contributed by atoms with Gasteiger partial charge < -0.3 is 4.57 Å². The molecule has 0 radical (unpaired) electrons. The largest absolute Gasteiger partial charge is 0.323 e. The van der Waals surface area contributed by atoms with Crippen LogP contribution < -0.4 is 0 Å². The van der Waals surface area contributed by atoms with Crippen molar-refractivity contribution in [1.82, 2.24) is 9.55 Å². The number of hydrogen-bond donors (Lipinski definition) is 0. The normalized spacial score (nSPS) is 11.4. The minimum Gasteiger partial charge on any atom is -0.323 e. The lowest BCUT2D eigenvalue weighted by atomic mass is 10.0. The molecule has 34 heavy (non-hydrogen) atoms. The molecule has 2 aromatic carbocycles. The standard InChI is InChI=1S/C32H48N2/c1-2-3-4-5-6-7-8-9-10-11-12-13-14-15-16-20-27-32-33-30-25-21-22-26-31(30)34(32)28-29-23-18-17-19-24-29/h17-19,21-26H,2-16,20,27-28H2,1H3. The van der Waals surface area contributed by atoms with Gasteiger partial charge >= 0.3 is 0 Å². The summed E-state index contributed by atoms with van der Waals surface area (Å²) in [5.74, 6) is 1.25. The molecule has 0 saturated heterocycles. The zero-order valence-corrected chi connectivity index (χ0v) is 21.8. The number of para-hydroxylation sites is 2. The van der Waals surface area contributed by atoms with Crippen molar-refractivity contribution in [3.8, 4) is 0 Å². The van der Waals surface area contributed by atoms with Gasteiger partial charge in [0.05, 0.1) is 11.0 Å². The highest BCUT2D eigenvalue weighted by Gasteiger charge is 2.10. The van der Waals surface area contributed by atoms with Gasteiger partial charge in [-0.15, -0.1) is 0 Å². The Balaban J connectivity index is 1.25. The van der Waals surface area contributed by atoms with Gasteiger partial charge in [-0.3, -0.25) is 0 Å². The second-order valence-electron chi connectivity index (χ2n) is 10.1. The molecule has 0 aliphatic heterocycles. The third-order valence-electron chi connectivity index (χ3n) is 7.17. The number of benzene rings is 2. The Morgan fingerprint density at radius 2 is 1.06 bits per heavy atom. The molecule has 3 aromatic rings. The summed E-state index contributed by atoms with van der Waals surface area (Å²) >= 11 is 0. The second-order valence-corrected chi connectivity index (χ2v) is 10.1. The maximum atomic E-state index is 4.98. The van der Waals surface area contributed by atoms with Gasteiger partial charge in [-0.05, 0) is 24.1 Å². The zero-order valence-electron chi connectivity index (χ0n) is 21.8. The number of nitrogens with zero attached hydrogens (tertiary/aromatic N) is 2. The van der Waals surface area contributed by atoms with Gasteiger partial charge in [0.1, 0.15) is 5.82 Å². The van der Waals surface area contributed by atoms with Crippen molar-refractivity contribution in [3.63, 3.8) is 0 Å². The van der Waals surface area contributed by atoms with Crippen LogP contribution in [-0.2, 0) is 13.0 Å².